The zero-order valence-electron chi connectivity index (χ0n) is 11.7. The molecule has 0 unspecified atom stereocenters. The molecule has 0 aliphatic rings. The van der Waals surface area contributed by atoms with Crippen LogP contribution in [0.15, 0.2) is 53.5 Å². The van der Waals surface area contributed by atoms with Gasteiger partial charge in [0.25, 0.3) is 0 Å². The molecule has 0 atom stereocenters. The first-order valence-electron chi connectivity index (χ1n) is 6.18. The summed E-state index contributed by atoms with van der Waals surface area (Å²) in [6.45, 7) is 0. The summed E-state index contributed by atoms with van der Waals surface area (Å²) in [7, 11) is 0. The fourth-order valence-corrected chi connectivity index (χ4v) is 1.72. The number of ether oxygens (including phenoxy) is 1. The number of halogens is 5. The van der Waals surface area contributed by atoms with Gasteiger partial charge < -0.3 is 9.84 Å². The molecule has 24 heavy (non-hydrogen) atoms. The fourth-order valence-electron chi connectivity index (χ4n) is 1.59. The van der Waals surface area contributed by atoms with Gasteiger partial charge in [0.05, 0.1) is 11.3 Å². The Bertz CT molecular complexity index is 746. The van der Waals surface area contributed by atoms with Gasteiger partial charge in [-0.1, -0.05) is 17.7 Å². The summed E-state index contributed by atoms with van der Waals surface area (Å²) in [5.41, 5.74) is -0.718. The van der Waals surface area contributed by atoms with Crippen LogP contribution in [0.4, 0.5) is 18.9 Å². The SMILES string of the molecule is Cl.O=C(O)/C(=N\c1ccc(Cl)cc1)Oc1cccc(C(F)(F)F)c1. The van der Waals surface area contributed by atoms with Crippen molar-refractivity contribution in [3.05, 3.63) is 59.1 Å². The van der Waals surface area contributed by atoms with Crippen LogP contribution in [0.1, 0.15) is 5.56 Å². The Balaban J connectivity index is 0.00000288. The minimum Gasteiger partial charge on any atom is -0.474 e. The fraction of sp³-hybridized carbons (Fsp3) is 0.0667. The molecule has 4 nitrogen and oxygen atoms in total. The number of aliphatic carboxylic acids is 1. The van der Waals surface area contributed by atoms with Crippen LogP contribution in [0, 0.1) is 0 Å². The third kappa shape index (κ3) is 5.43. The van der Waals surface area contributed by atoms with Crippen LogP contribution < -0.4 is 4.74 Å². The summed E-state index contributed by atoms with van der Waals surface area (Å²) < 4.78 is 42.9. The maximum Gasteiger partial charge on any atom is 0.416 e. The molecule has 128 valence electrons. The van der Waals surface area contributed by atoms with Gasteiger partial charge >= 0.3 is 18.0 Å². The van der Waals surface area contributed by atoms with Gasteiger partial charge in [0.1, 0.15) is 5.75 Å². The molecular weight excluding hydrogens is 370 g/mol. The van der Waals surface area contributed by atoms with Crippen molar-refractivity contribution in [1.29, 1.82) is 0 Å². The van der Waals surface area contributed by atoms with Crippen LogP contribution in [0.3, 0.4) is 0 Å². The van der Waals surface area contributed by atoms with Gasteiger partial charge in [0, 0.05) is 5.02 Å². The highest BCUT2D eigenvalue weighted by Gasteiger charge is 2.30. The highest BCUT2D eigenvalue weighted by atomic mass is 35.5. The Labute approximate surface area is 146 Å². The Morgan fingerprint density at radius 1 is 1.12 bits per heavy atom. The highest BCUT2D eigenvalue weighted by molar-refractivity contribution is 6.33. The van der Waals surface area contributed by atoms with Crippen molar-refractivity contribution in [2.75, 3.05) is 0 Å². The first-order valence-corrected chi connectivity index (χ1v) is 6.56. The van der Waals surface area contributed by atoms with Gasteiger partial charge in [-0.05, 0) is 42.5 Å². The molecule has 0 aliphatic heterocycles. The smallest absolute Gasteiger partial charge is 0.416 e. The monoisotopic (exact) mass is 379 g/mol. The number of carboxylic acid groups (broad SMARTS) is 1. The molecule has 0 saturated carbocycles. The highest BCUT2D eigenvalue weighted by Crippen LogP contribution is 2.31. The summed E-state index contributed by atoms with van der Waals surface area (Å²) in [6.07, 6.45) is -4.56. The van der Waals surface area contributed by atoms with E-state index in [-0.39, 0.29) is 23.8 Å². The summed E-state index contributed by atoms with van der Waals surface area (Å²) in [4.78, 5) is 14.9. The Hall–Kier alpha value is -2.25. The second kappa shape index (κ2) is 8.03. The molecule has 2 aromatic rings. The molecule has 9 heteroatoms. The molecule has 2 aromatic carbocycles. The zero-order chi connectivity index (χ0) is 17.0. The van der Waals surface area contributed by atoms with E-state index in [0.717, 1.165) is 12.1 Å². The second-order valence-corrected chi connectivity index (χ2v) is 4.76. The number of aliphatic imine (C=N–C) groups is 1. The Kier molecular flexibility index (Phi) is 6.62. The molecule has 0 spiro atoms. The summed E-state index contributed by atoms with van der Waals surface area (Å²) in [6, 6.07) is 9.73. The average molecular weight is 380 g/mol. The van der Waals surface area contributed by atoms with E-state index in [9.17, 15) is 18.0 Å². The van der Waals surface area contributed by atoms with E-state index in [1.807, 2.05) is 0 Å². The van der Waals surface area contributed by atoms with Crippen LogP contribution in [0.5, 0.6) is 5.75 Å². The first-order chi connectivity index (χ1) is 10.8. The van der Waals surface area contributed by atoms with E-state index in [1.165, 1.54) is 30.3 Å². The van der Waals surface area contributed by atoms with Crippen LogP contribution in [0.2, 0.25) is 5.02 Å². The molecule has 0 radical (unpaired) electrons. The van der Waals surface area contributed by atoms with Crippen molar-refractivity contribution in [2.24, 2.45) is 4.99 Å². The molecule has 2 rings (SSSR count). The normalized spacial score (nSPS) is 11.6. The predicted octanol–water partition coefficient (Wildman–Crippen LogP) is 4.97. The van der Waals surface area contributed by atoms with Gasteiger partial charge in [-0.25, -0.2) is 9.79 Å². The lowest BCUT2D eigenvalue weighted by atomic mass is 10.2. The first kappa shape index (κ1) is 19.8. The maximum atomic E-state index is 12.6. The largest absolute Gasteiger partial charge is 0.474 e. The van der Waals surface area contributed by atoms with Crippen LogP contribution >= 0.6 is 24.0 Å². The standard InChI is InChI=1S/C15H9ClF3NO3.ClH/c16-10-4-6-11(7-5-10)20-13(14(21)22)23-12-3-1-2-9(8-12)15(17,18)19;/h1-8H,(H,21,22);1H/b20-13+;. The van der Waals surface area contributed by atoms with Crippen molar-refractivity contribution in [3.8, 4) is 5.75 Å². The number of hydrogen-bond donors (Lipinski definition) is 1. The summed E-state index contributed by atoms with van der Waals surface area (Å²) in [5, 5.41) is 9.51. The number of carbonyl (C=O) groups is 1. The number of nitrogens with zero attached hydrogens (tertiary/aromatic N) is 1. The molecule has 1 N–H and O–H groups in total. The molecule has 0 aliphatic carbocycles. The Morgan fingerprint density at radius 2 is 1.75 bits per heavy atom. The lowest BCUT2D eigenvalue weighted by Gasteiger charge is -2.09. The van der Waals surface area contributed by atoms with Crippen molar-refractivity contribution in [3.63, 3.8) is 0 Å². The minimum absolute atomic E-state index is 0. The average Bonchev–Trinajstić information content (AvgIpc) is 2.48. The summed E-state index contributed by atoms with van der Waals surface area (Å²) >= 11 is 5.70. The van der Waals surface area contributed by atoms with Gasteiger partial charge in [0.2, 0.25) is 0 Å². The number of benzene rings is 2. The zero-order valence-corrected chi connectivity index (χ0v) is 13.3. The van der Waals surface area contributed by atoms with E-state index < -0.39 is 23.6 Å². The lowest BCUT2D eigenvalue weighted by Crippen LogP contribution is -2.20. The minimum atomic E-state index is -4.56. The van der Waals surface area contributed by atoms with Gasteiger partial charge in [-0.15, -0.1) is 12.4 Å². The maximum absolute atomic E-state index is 12.6. The molecule has 0 heterocycles. The lowest BCUT2D eigenvalue weighted by molar-refractivity contribution is -0.137. The predicted molar refractivity (Wildman–Crippen MR) is 85.5 cm³/mol. The number of rotatable bonds is 2. The quantitative estimate of drug-likeness (QED) is 0.591. The van der Waals surface area contributed by atoms with E-state index in [2.05, 4.69) is 4.99 Å². The van der Waals surface area contributed by atoms with Crippen LogP contribution in [0.25, 0.3) is 0 Å². The third-order valence-corrected chi connectivity index (χ3v) is 2.87. The third-order valence-electron chi connectivity index (χ3n) is 2.62. The van der Waals surface area contributed by atoms with E-state index >= 15 is 0 Å². The van der Waals surface area contributed by atoms with Gasteiger partial charge in [-0.3, -0.25) is 0 Å². The molecule has 0 fully saturated rings. The molecule has 0 aromatic heterocycles. The Morgan fingerprint density at radius 3 is 2.29 bits per heavy atom. The van der Waals surface area contributed by atoms with Crippen molar-refractivity contribution >= 4 is 41.6 Å². The van der Waals surface area contributed by atoms with Crippen LogP contribution in [-0.4, -0.2) is 17.0 Å². The number of carboxylic acids is 1. The number of alkyl halides is 3. The van der Waals surface area contributed by atoms with Crippen molar-refractivity contribution < 1.29 is 27.8 Å². The molecule has 0 saturated heterocycles. The second-order valence-electron chi connectivity index (χ2n) is 4.33. The van der Waals surface area contributed by atoms with Crippen molar-refractivity contribution in [1.82, 2.24) is 0 Å². The van der Waals surface area contributed by atoms with Crippen molar-refractivity contribution in [2.45, 2.75) is 6.18 Å². The molecule has 0 amide bonds. The van der Waals surface area contributed by atoms with Crippen LogP contribution in [-0.2, 0) is 11.0 Å². The number of hydrogen-bond acceptors (Lipinski definition) is 3. The summed E-state index contributed by atoms with van der Waals surface area (Å²) in [5.74, 6) is -2.56. The van der Waals surface area contributed by atoms with Gasteiger partial charge in [-0.2, -0.15) is 13.2 Å². The van der Waals surface area contributed by atoms with E-state index in [4.69, 9.17) is 21.4 Å². The van der Waals surface area contributed by atoms with E-state index in [1.54, 1.807) is 0 Å². The molecule has 0 bridgehead atoms. The van der Waals surface area contributed by atoms with Gasteiger partial charge in [0.15, 0.2) is 0 Å². The topological polar surface area (TPSA) is 58.9 Å². The van der Waals surface area contributed by atoms with E-state index in [0.29, 0.717) is 11.1 Å². The molecular formula is C15H10Cl2F3NO3.